The first kappa shape index (κ1) is 30.7. The van der Waals surface area contributed by atoms with Crippen molar-refractivity contribution in [2.75, 3.05) is 6.61 Å². The minimum atomic E-state index is -2.48. The van der Waals surface area contributed by atoms with Gasteiger partial charge in [0, 0.05) is 0 Å². The highest BCUT2D eigenvalue weighted by atomic mass is 28.4. The van der Waals surface area contributed by atoms with Crippen molar-refractivity contribution < 1.29 is 33.1 Å². The average Bonchev–Trinajstić information content (AvgIpc) is 2.77. The van der Waals surface area contributed by atoms with E-state index in [4.69, 9.17) is 18.4 Å². The van der Waals surface area contributed by atoms with Crippen molar-refractivity contribution in [3.05, 3.63) is 48.0 Å². The monoisotopic (exact) mass is 563 g/mol. The molecule has 212 valence electrons. The molecule has 4 unspecified atom stereocenters. The van der Waals surface area contributed by atoms with E-state index >= 15 is 0 Å². The number of amides is 1. The number of carbonyl (C=O) groups excluding carboxylic acids is 2. The molecule has 2 aliphatic rings. The summed E-state index contributed by atoms with van der Waals surface area (Å²) in [6, 6.07) is 9.64. The van der Waals surface area contributed by atoms with E-state index in [1.54, 1.807) is 19.1 Å². The van der Waals surface area contributed by atoms with Crippen molar-refractivity contribution in [1.29, 1.82) is 0 Å². The predicted molar refractivity (Wildman–Crippen MR) is 151 cm³/mol. The summed E-state index contributed by atoms with van der Waals surface area (Å²) in [4.78, 5) is 31.7. The minimum absolute atomic E-state index is 0.153. The molecule has 0 saturated carbocycles. The number of hydroxylamine groups is 2. The molecule has 1 amide bonds. The fourth-order valence-electron chi connectivity index (χ4n) is 4.58. The van der Waals surface area contributed by atoms with Gasteiger partial charge in [-0.05, 0) is 50.3 Å². The molecular weight excluding hydrogens is 518 g/mol. The summed E-state index contributed by atoms with van der Waals surface area (Å²) in [5.41, 5.74) is -1.72. The lowest BCUT2D eigenvalue weighted by atomic mass is 9.69. The zero-order chi connectivity index (χ0) is 28.6. The van der Waals surface area contributed by atoms with Crippen molar-refractivity contribution in [2.24, 2.45) is 0 Å². The van der Waals surface area contributed by atoms with Crippen LogP contribution in [0.2, 0.25) is 37.8 Å². The maximum atomic E-state index is 13.0. The van der Waals surface area contributed by atoms with Crippen LogP contribution in [-0.2, 0) is 34.6 Å². The normalized spacial score (nSPS) is 27.9. The average molecular weight is 564 g/mol. The fourth-order valence-corrected chi connectivity index (χ4v) is 6.99. The van der Waals surface area contributed by atoms with Gasteiger partial charge in [0.05, 0.1) is 19.4 Å². The van der Waals surface area contributed by atoms with E-state index in [1.165, 1.54) is 5.06 Å². The highest BCUT2D eigenvalue weighted by Gasteiger charge is 2.66. The Morgan fingerprint density at radius 1 is 1.05 bits per heavy atom. The van der Waals surface area contributed by atoms with Crippen LogP contribution in [0, 0.1) is 0 Å². The summed E-state index contributed by atoms with van der Waals surface area (Å²) in [6.07, 6.45) is 1.57. The molecule has 1 aliphatic heterocycles. The van der Waals surface area contributed by atoms with Crippen molar-refractivity contribution in [1.82, 2.24) is 5.06 Å². The van der Waals surface area contributed by atoms with Crippen LogP contribution in [-0.4, -0.2) is 68.6 Å². The first-order chi connectivity index (χ1) is 17.4. The first-order valence-corrected chi connectivity index (χ1v) is 19.7. The Balaban J connectivity index is 2.09. The smallest absolute Gasteiger partial charge is 0.309 e. The number of ether oxygens (including phenoxy) is 1. The zero-order valence-corrected chi connectivity index (χ0v) is 26.4. The second kappa shape index (κ2) is 11.0. The fraction of sp³-hybridized carbons (Fsp3) is 0.643. The Morgan fingerprint density at radius 3 is 2.21 bits per heavy atom. The topological polar surface area (TPSA) is 94.5 Å². The molecule has 1 spiro atoms. The molecule has 3 rings (SSSR count). The lowest BCUT2D eigenvalue weighted by Crippen LogP contribution is -2.76. The van der Waals surface area contributed by atoms with Crippen LogP contribution in [0.25, 0.3) is 0 Å². The molecule has 0 radical (unpaired) electrons. The number of carbonyl (C=O) groups is 2. The van der Waals surface area contributed by atoms with Crippen molar-refractivity contribution in [3.63, 3.8) is 0 Å². The number of nitrogens with zero attached hydrogens (tertiary/aromatic N) is 1. The highest BCUT2D eigenvalue weighted by Crippen LogP contribution is 2.50. The quantitative estimate of drug-likeness (QED) is 0.186. The Bertz CT molecular complexity index is 1030. The second-order valence-corrected chi connectivity index (χ2v) is 22.1. The Labute approximate surface area is 229 Å². The van der Waals surface area contributed by atoms with E-state index in [0.717, 1.165) is 5.56 Å². The molecule has 10 heteroatoms. The summed E-state index contributed by atoms with van der Waals surface area (Å²) in [5.74, 6) is -0.690. The van der Waals surface area contributed by atoms with Gasteiger partial charge < -0.3 is 18.7 Å². The molecule has 1 fully saturated rings. The number of benzene rings is 1. The van der Waals surface area contributed by atoms with E-state index in [9.17, 15) is 14.7 Å². The van der Waals surface area contributed by atoms with Crippen LogP contribution in [0.5, 0.6) is 0 Å². The number of β-lactam (4-membered cyclic amide) rings is 1. The van der Waals surface area contributed by atoms with Gasteiger partial charge in [0.1, 0.15) is 30.0 Å². The third-order valence-corrected chi connectivity index (χ3v) is 13.0. The molecule has 1 aliphatic carbocycles. The molecule has 1 heterocycles. The van der Waals surface area contributed by atoms with Crippen LogP contribution in [0.1, 0.15) is 46.1 Å². The molecule has 0 aromatic heterocycles. The highest BCUT2D eigenvalue weighted by molar-refractivity contribution is 6.74. The molecule has 4 atom stereocenters. The number of hydrogen-bond acceptors (Lipinski definition) is 7. The van der Waals surface area contributed by atoms with Gasteiger partial charge in [-0.15, -0.1) is 0 Å². The van der Waals surface area contributed by atoms with Gasteiger partial charge in [-0.2, -0.15) is 0 Å². The van der Waals surface area contributed by atoms with E-state index in [1.807, 2.05) is 30.3 Å². The van der Waals surface area contributed by atoms with Gasteiger partial charge in [-0.25, -0.2) is 5.06 Å². The molecule has 1 aromatic carbocycles. The zero-order valence-electron chi connectivity index (χ0n) is 24.4. The lowest BCUT2D eigenvalue weighted by molar-refractivity contribution is -0.281. The molecule has 38 heavy (non-hydrogen) atoms. The van der Waals surface area contributed by atoms with Crippen LogP contribution in [0.15, 0.2) is 42.5 Å². The summed E-state index contributed by atoms with van der Waals surface area (Å²) < 4.78 is 18.9. The van der Waals surface area contributed by atoms with Crippen LogP contribution in [0.4, 0.5) is 0 Å². The minimum Gasteiger partial charge on any atom is -0.466 e. The van der Waals surface area contributed by atoms with Crippen molar-refractivity contribution in [2.45, 2.75) is 108 Å². The van der Waals surface area contributed by atoms with Gasteiger partial charge >= 0.3 is 5.97 Å². The van der Waals surface area contributed by atoms with E-state index < -0.39 is 46.0 Å². The van der Waals surface area contributed by atoms with Gasteiger partial charge in [0.2, 0.25) is 5.91 Å². The van der Waals surface area contributed by atoms with Crippen molar-refractivity contribution >= 4 is 28.5 Å². The lowest BCUT2D eigenvalue weighted by Gasteiger charge is -2.60. The van der Waals surface area contributed by atoms with E-state index in [-0.39, 0.29) is 37.0 Å². The second-order valence-electron chi connectivity index (χ2n) is 12.9. The molecule has 1 saturated heterocycles. The van der Waals surface area contributed by atoms with Crippen molar-refractivity contribution in [3.8, 4) is 0 Å². The number of esters is 1. The molecule has 1 aromatic rings. The summed E-state index contributed by atoms with van der Waals surface area (Å²) in [7, 11) is -4.74. The Hall–Kier alpha value is -1.83. The summed E-state index contributed by atoms with van der Waals surface area (Å²) >= 11 is 0. The van der Waals surface area contributed by atoms with E-state index in [2.05, 4.69) is 53.5 Å². The summed E-state index contributed by atoms with van der Waals surface area (Å²) in [6.45, 7) is 18.9. The van der Waals surface area contributed by atoms with Crippen LogP contribution in [0.3, 0.4) is 0 Å². The SMILES string of the molecule is CCOC(=O)CC1(O)C=CC2(CC(=O)N2OCc2ccccc2)C(O[Si](C)(C)C)C1O[Si](C)(C)C(C)(C)C. The summed E-state index contributed by atoms with van der Waals surface area (Å²) in [5, 5.41) is 13.2. The largest absolute Gasteiger partial charge is 0.466 e. The number of aliphatic hydroxyl groups is 1. The van der Waals surface area contributed by atoms with Gasteiger partial charge in [-0.1, -0.05) is 63.3 Å². The van der Waals surface area contributed by atoms with Gasteiger partial charge in [0.25, 0.3) is 0 Å². The van der Waals surface area contributed by atoms with Gasteiger partial charge in [0.15, 0.2) is 16.6 Å². The molecule has 0 bridgehead atoms. The third kappa shape index (κ3) is 6.48. The Morgan fingerprint density at radius 2 is 1.68 bits per heavy atom. The predicted octanol–water partition coefficient (Wildman–Crippen LogP) is 4.95. The Kier molecular flexibility index (Phi) is 8.87. The molecule has 1 N–H and O–H groups in total. The molecule has 8 nitrogen and oxygen atoms in total. The third-order valence-electron chi connectivity index (χ3n) is 7.60. The number of hydrogen-bond donors (Lipinski definition) is 1. The maximum absolute atomic E-state index is 13.0. The standard InChI is InChI=1S/C28H45NO7Si2/c1-10-33-23(31)19-28(32)17-16-27(18-22(30)29(27)34-20-21-14-12-11-13-15-21)24(35-37(5,6)7)25(28)36-38(8,9)26(2,3)4/h11-17,24-25,32H,10,18-20H2,1-9H3. The first-order valence-electron chi connectivity index (χ1n) is 13.4. The number of rotatable bonds is 10. The van der Waals surface area contributed by atoms with E-state index in [0.29, 0.717) is 0 Å². The maximum Gasteiger partial charge on any atom is 0.309 e. The van der Waals surface area contributed by atoms with Crippen LogP contribution < -0.4 is 0 Å². The van der Waals surface area contributed by atoms with Gasteiger partial charge in [-0.3, -0.25) is 14.4 Å². The molecular formula is C28H45NO7Si2. The van der Waals surface area contributed by atoms with Crippen LogP contribution >= 0.6 is 0 Å².